The molecule has 0 unspecified atom stereocenters. The zero-order valence-electron chi connectivity index (χ0n) is 31.8. The number of amides is 2. The number of anilines is 1. The number of rotatable bonds is 8. The summed E-state index contributed by atoms with van der Waals surface area (Å²) in [5.41, 5.74) is 2.15. The summed E-state index contributed by atoms with van der Waals surface area (Å²) < 4.78 is 11.4. The second kappa shape index (κ2) is 14.3. The zero-order chi connectivity index (χ0) is 40.3. The van der Waals surface area contributed by atoms with Gasteiger partial charge in [0.1, 0.15) is 17.2 Å². The van der Waals surface area contributed by atoms with E-state index >= 15 is 9.59 Å². The average Bonchev–Trinajstić information content (AvgIpc) is 3.53. The Kier molecular flexibility index (Phi) is 9.03. The van der Waals surface area contributed by atoms with E-state index in [1.165, 1.54) is 31.3 Å². The first-order chi connectivity index (χ1) is 28.2. The number of phenols is 1. The maximum atomic E-state index is 15.4. The Hall–Kier alpha value is -6.87. The van der Waals surface area contributed by atoms with Crippen molar-refractivity contribution in [3.8, 4) is 17.2 Å². The number of phenolic OH excluding ortho intramolecular Hbond substituents is 1. The molecule has 288 valence electrons. The lowest BCUT2D eigenvalue weighted by Gasteiger charge is -2.55. The number of aromatic hydroxyl groups is 1. The number of Topliss-reactive ketones (excluding diaryl/α,β-unsaturated/α-hetero) is 1. The van der Waals surface area contributed by atoms with Crippen LogP contribution in [0.25, 0.3) is 5.57 Å². The van der Waals surface area contributed by atoms with Crippen LogP contribution < -0.4 is 14.4 Å². The van der Waals surface area contributed by atoms with Crippen LogP contribution in [0.15, 0.2) is 145 Å². The van der Waals surface area contributed by atoms with Crippen LogP contribution in [-0.4, -0.2) is 48.5 Å². The van der Waals surface area contributed by atoms with Crippen molar-refractivity contribution in [3.05, 3.63) is 173 Å². The molecule has 9 heteroatoms. The van der Waals surface area contributed by atoms with Gasteiger partial charge in [-0.1, -0.05) is 103 Å². The van der Waals surface area contributed by atoms with E-state index in [1.54, 1.807) is 66.7 Å². The van der Waals surface area contributed by atoms with Gasteiger partial charge in [0.25, 0.3) is 0 Å². The molecule has 1 aliphatic heterocycles. The number of benzene rings is 5. The smallest absolute Gasteiger partial charge is 0.238 e. The molecule has 2 amide bonds. The summed E-state index contributed by atoms with van der Waals surface area (Å²) in [6.45, 7) is 0. The molecule has 1 saturated heterocycles. The first kappa shape index (κ1) is 36.7. The highest BCUT2D eigenvalue weighted by Gasteiger charge is 2.66. The van der Waals surface area contributed by atoms with E-state index in [1.807, 2.05) is 60.7 Å². The zero-order valence-corrected chi connectivity index (χ0v) is 31.8. The van der Waals surface area contributed by atoms with E-state index in [0.29, 0.717) is 39.3 Å². The van der Waals surface area contributed by atoms with Gasteiger partial charge in [-0.15, -0.1) is 0 Å². The molecule has 58 heavy (non-hydrogen) atoms. The lowest BCUT2D eigenvalue weighted by atomic mass is 9.44. The van der Waals surface area contributed by atoms with Gasteiger partial charge in [0.05, 0.1) is 37.2 Å². The third-order valence-electron chi connectivity index (χ3n) is 12.6. The van der Waals surface area contributed by atoms with Crippen LogP contribution >= 0.6 is 0 Å². The Morgan fingerprint density at radius 1 is 0.741 bits per heavy atom. The van der Waals surface area contributed by atoms with E-state index in [2.05, 4.69) is 0 Å². The van der Waals surface area contributed by atoms with Crippen LogP contribution in [0.5, 0.6) is 17.2 Å². The summed E-state index contributed by atoms with van der Waals surface area (Å²) in [4.78, 5) is 74.2. The molecule has 9 nitrogen and oxygen atoms in total. The van der Waals surface area contributed by atoms with Gasteiger partial charge < -0.3 is 14.6 Å². The molecule has 4 aliphatic rings. The average molecular weight is 770 g/mol. The molecule has 0 spiro atoms. The summed E-state index contributed by atoms with van der Waals surface area (Å²) in [5, 5.41) is 12.0. The number of ether oxygens (including phenoxy) is 2. The van der Waals surface area contributed by atoms with Gasteiger partial charge in [0.15, 0.2) is 17.3 Å². The van der Waals surface area contributed by atoms with Crippen molar-refractivity contribution in [3.63, 3.8) is 0 Å². The second-order valence-corrected chi connectivity index (χ2v) is 15.3. The molecule has 1 N–H and O–H groups in total. The molecular weight excluding hydrogens is 731 g/mol. The number of fused-ring (bicyclic) bond motifs is 4. The Morgan fingerprint density at radius 3 is 2.03 bits per heavy atom. The number of imide groups is 1. The predicted molar refractivity (Wildman–Crippen MR) is 217 cm³/mol. The van der Waals surface area contributed by atoms with Crippen molar-refractivity contribution >= 4 is 40.4 Å². The van der Waals surface area contributed by atoms with Crippen molar-refractivity contribution < 1.29 is 38.6 Å². The number of allylic oxidation sites excluding steroid dienone is 4. The van der Waals surface area contributed by atoms with Gasteiger partial charge in [-0.05, 0) is 60.2 Å². The lowest BCUT2D eigenvalue weighted by molar-refractivity contribution is -0.135. The lowest BCUT2D eigenvalue weighted by Crippen LogP contribution is -2.58. The number of carbonyl (C=O) groups is 5. The predicted octanol–water partition coefficient (Wildman–Crippen LogP) is 7.67. The van der Waals surface area contributed by atoms with Gasteiger partial charge in [-0.2, -0.15) is 0 Å². The van der Waals surface area contributed by atoms with Gasteiger partial charge >= 0.3 is 0 Å². The molecule has 1 saturated carbocycles. The molecule has 0 radical (unpaired) electrons. The SMILES string of the molecule is COc1cc(O)c([C@H]2C3=CC[C@@H]4C(=O)N(c5ccc(C(=O)c6ccccc6)cc5)C(=O)[C@@H]4[C@@H]3C[C@H]3C(=O)C(c4ccccc4)=CC(=O)[C@@]23c2ccccc2)c(OC)c1. The van der Waals surface area contributed by atoms with Crippen LogP contribution in [0.1, 0.15) is 51.4 Å². The highest BCUT2D eigenvalue weighted by Crippen LogP contribution is 2.65. The Balaban J connectivity index is 1.21. The van der Waals surface area contributed by atoms with Crippen LogP contribution in [0, 0.1) is 23.7 Å². The minimum Gasteiger partial charge on any atom is -0.507 e. The molecule has 3 aliphatic carbocycles. The van der Waals surface area contributed by atoms with Crippen molar-refractivity contribution in [1.29, 1.82) is 0 Å². The van der Waals surface area contributed by atoms with Crippen molar-refractivity contribution in [2.24, 2.45) is 23.7 Å². The minimum absolute atomic E-state index is 0.101. The van der Waals surface area contributed by atoms with Crippen LogP contribution in [0.2, 0.25) is 0 Å². The highest BCUT2D eigenvalue weighted by molar-refractivity contribution is 6.32. The molecule has 9 rings (SSSR count). The van der Waals surface area contributed by atoms with Gasteiger partial charge in [-0.25, -0.2) is 0 Å². The quantitative estimate of drug-likeness (QED) is 0.0969. The molecule has 5 aromatic carbocycles. The topological polar surface area (TPSA) is 127 Å². The molecule has 5 aromatic rings. The monoisotopic (exact) mass is 769 g/mol. The number of carbonyl (C=O) groups excluding carboxylic acids is 5. The molecular formula is C49H39NO8. The normalized spacial score (nSPS) is 24.9. The fraction of sp³-hybridized carbons (Fsp3) is 0.204. The van der Waals surface area contributed by atoms with Crippen LogP contribution in [0.4, 0.5) is 5.69 Å². The van der Waals surface area contributed by atoms with Crippen molar-refractivity contribution in [2.45, 2.75) is 24.2 Å². The molecule has 6 atom stereocenters. The van der Waals surface area contributed by atoms with Crippen molar-refractivity contribution in [2.75, 3.05) is 19.1 Å². The van der Waals surface area contributed by atoms with E-state index in [9.17, 15) is 19.5 Å². The first-order valence-corrected chi connectivity index (χ1v) is 19.3. The first-order valence-electron chi connectivity index (χ1n) is 19.3. The van der Waals surface area contributed by atoms with Gasteiger partial charge in [-0.3, -0.25) is 28.9 Å². The highest BCUT2D eigenvalue weighted by atomic mass is 16.5. The Bertz CT molecular complexity index is 2560. The van der Waals surface area contributed by atoms with Crippen LogP contribution in [0.3, 0.4) is 0 Å². The minimum atomic E-state index is -1.56. The summed E-state index contributed by atoms with van der Waals surface area (Å²) in [6.07, 6.45) is 3.67. The number of ketones is 3. The third-order valence-corrected chi connectivity index (χ3v) is 12.6. The van der Waals surface area contributed by atoms with E-state index < -0.39 is 40.9 Å². The van der Waals surface area contributed by atoms with Gasteiger partial charge in [0.2, 0.25) is 11.8 Å². The number of methoxy groups -OCH3 is 2. The third kappa shape index (κ3) is 5.48. The van der Waals surface area contributed by atoms with Crippen molar-refractivity contribution in [1.82, 2.24) is 0 Å². The van der Waals surface area contributed by atoms with E-state index in [4.69, 9.17) is 9.47 Å². The molecule has 0 bridgehead atoms. The molecule has 2 fully saturated rings. The summed E-state index contributed by atoms with van der Waals surface area (Å²) in [6, 6.07) is 36.6. The number of hydrogen-bond acceptors (Lipinski definition) is 8. The summed E-state index contributed by atoms with van der Waals surface area (Å²) in [5.74, 6) is -5.41. The van der Waals surface area contributed by atoms with E-state index in [0.717, 1.165) is 0 Å². The van der Waals surface area contributed by atoms with Gasteiger partial charge in [0, 0.05) is 46.2 Å². The Labute approximate surface area is 335 Å². The number of hydrogen-bond donors (Lipinski definition) is 1. The number of nitrogens with zero attached hydrogens (tertiary/aromatic N) is 1. The largest absolute Gasteiger partial charge is 0.507 e. The maximum absolute atomic E-state index is 15.4. The fourth-order valence-electron chi connectivity index (χ4n) is 10.1. The second-order valence-electron chi connectivity index (χ2n) is 15.3. The molecule has 1 heterocycles. The maximum Gasteiger partial charge on any atom is 0.238 e. The Morgan fingerprint density at radius 2 is 1.38 bits per heavy atom. The molecule has 0 aromatic heterocycles. The van der Waals surface area contributed by atoms with Crippen LogP contribution in [-0.2, 0) is 24.6 Å². The summed E-state index contributed by atoms with van der Waals surface area (Å²) in [7, 11) is 2.94. The fourth-order valence-corrected chi connectivity index (χ4v) is 10.1. The standard InChI is InChI=1S/C49H39NO8/c1-57-33-24-39(51)43(40(25-33)58-2)44-34-22-23-35-42(48(56)50(47(35)55)32-20-18-30(19-21-32)45(53)29-14-8-4-9-15-29)37(34)26-38-46(54)36(28-12-6-3-7-13-28)27-41(52)49(38,44)31-16-10-5-11-17-31/h3-22,24-25,27,35,37-38,42,44,51H,23,26H2,1-2H3/t35-,37+,38-,42-,44+,49-/m0/s1. The van der Waals surface area contributed by atoms with E-state index in [-0.39, 0.29) is 58.7 Å². The summed E-state index contributed by atoms with van der Waals surface area (Å²) >= 11 is 0.